The molecule has 0 saturated carbocycles. The third-order valence-corrected chi connectivity index (χ3v) is 3.28. The standard InChI is InChI=1S/C16H23N3O2/c1-5-9-17-12(3)16-13(20-4)7-6-8-14(16)21-15-10-11(2)18-19-15/h6-8,10,12,17H,5,9H2,1-4H3,(H,18,19). The van der Waals surface area contributed by atoms with Crippen LogP contribution in [0.4, 0.5) is 0 Å². The fraction of sp³-hybridized carbons (Fsp3) is 0.438. The molecule has 114 valence electrons. The van der Waals surface area contributed by atoms with Crippen LogP contribution in [-0.2, 0) is 0 Å². The summed E-state index contributed by atoms with van der Waals surface area (Å²) in [6, 6.07) is 7.81. The van der Waals surface area contributed by atoms with Crippen molar-refractivity contribution in [2.24, 2.45) is 0 Å². The smallest absolute Gasteiger partial charge is 0.238 e. The van der Waals surface area contributed by atoms with Gasteiger partial charge in [0.1, 0.15) is 11.5 Å². The predicted octanol–water partition coefficient (Wildman–Crippen LogP) is 3.58. The quantitative estimate of drug-likeness (QED) is 0.818. The molecule has 0 bridgehead atoms. The predicted molar refractivity (Wildman–Crippen MR) is 83.1 cm³/mol. The van der Waals surface area contributed by atoms with Gasteiger partial charge in [0.05, 0.1) is 12.7 Å². The molecule has 0 fully saturated rings. The summed E-state index contributed by atoms with van der Waals surface area (Å²) in [4.78, 5) is 0. The highest BCUT2D eigenvalue weighted by molar-refractivity contribution is 5.48. The summed E-state index contributed by atoms with van der Waals surface area (Å²) in [5.74, 6) is 2.14. The number of hydrogen-bond acceptors (Lipinski definition) is 4. The lowest BCUT2D eigenvalue weighted by Crippen LogP contribution is -2.20. The molecule has 2 aromatic rings. The van der Waals surface area contributed by atoms with Crippen molar-refractivity contribution in [1.29, 1.82) is 0 Å². The highest BCUT2D eigenvalue weighted by Crippen LogP contribution is 2.36. The van der Waals surface area contributed by atoms with Crippen molar-refractivity contribution in [1.82, 2.24) is 15.5 Å². The molecule has 0 saturated heterocycles. The third-order valence-electron chi connectivity index (χ3n) is 3.28. The lowest BCUT2D eigenvalue weighted by molar-refractivity contribution is 0.387. The maximum absolute atomic E-state index is 5.91. The van der Waals surface area contributed by atoms with Crippen LogP contribution in [0.2, 0.25) is 0 Å². The van der Waals surface area contributed by atoms with Gasteiger partial charge in [-0.2, -0.15) is 0 Å². The van der Waals surface area contributed by atoms with E-state index in [4.69, 9.17) is 9.47 Å². The maximum atomic E-state index is 5.91. The Kier molecular flexibility index (Phi) is 5.22. The minimum Gasteiger partial charge on any atom is -0.496 e. The highest BCUT2D eigenvalue weighted by Gasteiger charge is 2.18. The number of nitrogens with zero attached hydrogens (tertiary/aromatic N) is 1. The summed E-state index contributed by atoms with van der Waals surface area (Å²) >= 11 is 0. The van der Waals surface area contributed by atoms with Crippen LogP contribution in [0, 0.1) is 6.92 Å². The van der Waals surface area contributed by atoms with Crippen LogP contribution >= 0.6 is 0 Å². The van der Waals surface area contributed by atoms with E-state index in [2.05, 4.69) is 29.4 Å². The van der Waals surface area contributed by atoms with Crippen LogP contribution in [0.1, 0.15) is 37.6 Å². The number of aromatic amines is 1. The Morgan fingerprint density at radius 2 is 2.10 bits per heavy atom. The molecule has 0 amide bonds. The molecule has 1 heterocycles. The molecule has 1 unspecified atom stereocenters. The van der Waals surface area contributed by atoms with Crippen LogP contribution in [0.3, 0.4) is 0 Å². The molecule has 5 nitrogen and oxygen atoms in total. The van der Waals surface area contributed by atoms with Gasteiger partial charge in [0, 0.05) is 17.8 Å². The first-order valence-electron chi connectivity index (χ1n) is 7.25. The van der Waals surface area contributed by atoms with Gasteiger partial charge < -0.3 is 14.8 Å². The lowest BCUT2D eigenvalue weighted by Gasteiger charge is -2.20. The van der Waals surface area contributed by atoms with E-state index in [0.717, 1.165) is 35.7 Å². The number of hydrogen-bond donors (Lipinski definition) is 2. The van der Waals surface area contributed by atoms with Crippen LogP contribution in [-0.4, -0.2) is 23.9 Å². The summed E-state index contributed by atoms with van der Waals surface area (Å²) in [7, 11) is 1.67. The van der Waals surface area contributed by atoms with Crippen molar-refractivity contribution >= 4 is 0 Å². The average Bonchev–Trinajstić information content (AvgIpc) is 2.89. The Labute approximate surface area is 125 Å². The molecule has 1 aromatic carbocycles. The molecule has 21 heavy (non-hydrogen) atoms. The van der Waals surface area contributed by atoms with Crippen LogP contribution in [0.25, 0.3) is 0 Å². The van der Waals surface area contributed by atoms with Crippen LogP contribution < -0.4 is 14.8 Å². The number of rotatable bonds is 7. The van der Waals surface area contributed by atoms with Crippen molar-refractivity contribution in [3.05, 3.63) is 35.5 Å². The van der Waals surface area contributed by atoms with Crippen molar-refractivity contribution in [3.8, 4) is 17.4 Å². The first kappa shape index (κ1) is 15.4. The zero-order valence-corrected chi connectivity index (χ0v) is 13.1. The van der Waals surface area contributed by atoms with Gasteiger partial charge >= 0.3 is 0 Å². The Bertz CT molecular complexity index is 581. The second kappa shape index (κ2) is 7.13. The fourth-order valence-corrected chi connectivity index (χ4v) is 2.24. The Morgan fingerprint density at radius 3 is 2.71 bits per heavy atom. The summed E-state index contributed by atoms with van der Waals surface area (Å²) in [5.41, 5.74) is 1.97. The van der Waals surface area contributed by atoms with Gasteiger partial charge in [0.25, 0.3) is 0 Å². The average molecular weight is 289 g/mol. The zero-order chi connectivity index (χ0) is 15.2. The van der Waals surface area contributed by atoms with Gasteiger partial charge in [-0.05, 0) is 38.9 Å². The SMILES string of the molecule is CCCNC(C)c1c(OC)cccc1Oc1cc(C)[nH]n1. The third kappa shape index (κ3) is 3.76. The van der Waals surface area contributed by atoms with E-state index in [0.29, 0.717) is 5.88 Å². The number of H-pyrrole nitrogens is 1. The second-order valence-electron chi connectivity index (χ2n) is 5.04. The van der Waals surface area contributed by atoms with Gasteiger partial charge in [0.15, 0.2) is 0 Å². The summed E-state index contributed by atoms with van der Waals surface area (Å²) in [6.45, 7) is 7.14. The van der Waals surface area contributed by atoms with E-state index in [1.165, 1.54) is 0 Å². The normalized spacial score (nSPS) is 12.2. The van der Waals surface area contributed by atoms with Gasteiger partial charge in [-0.25, -0.2) is 0 Å². The molecule has 2 N–H and O–H groups in total. The number of aryl methyl sites for hydroxylation is 1. The van der Waals surface area contributed by atoms with E-state index in [9.17, 15) is 0 Å². The molecular formula is C16H23N3O2. The fourth-order valence-electron chi connectivity index (χ4n) is 2.24. The Hall–Kier alpha value is -2.01. The molecule has 0 radical (unpaired) electrons. The van der Waals surface area contributed by atoms with E-state index in [1.807, 2.05) is 31.2 Å². The van der Waals surface area contributed by atoms with Gasteiger partial charge in [-0.1, -0.05) is 13.0 Å². The number of methoxy groups -OCH3 is 1. The lowest BCUT2D eigenvalue weighted by atomic mass is 10.1. The van der Waals surface area contributed by atoms with Gasteiger partial charge in [-0.3, -0.25) is 5.10 Å². The minimum absolute atomic E-state index is 0.135. The molecule has 5 heteroatoms. The first-order valence-corrected chi connectivity index (χ1v) is 7.25. The number of ether oxygens (including phenoxy) is 2. The molecule has 0 aliphatic rings. The van der Waals surface area contributed by atoms with Gasteiger partial charge in [0.2, 0.25) is 5.88 Å². The summed E-state index contributed by atoms with van der Waals surface area (Å²) < 4.78 is 11.4. The van der Waals surface area contributed by atoms with Gasteiger partial charge in [-0.15, -0.1) is 5.10 Å². The molecule has 1 atom stereocenters. The summed E-state index contributed by atoms with van der Waals surface area (Å²) in [5, 5.41) is 10.5. The van der Waals surface area contributed by atoms with E-state index < -0.39 is 0 Å². The Morgan fingerprint density at radius 1 is 1.33 bits per heavy atom. The highest BCUT2D eigenvalue weighted by atomic mass is 16.5. The van der Waals surface area contributed by atoms with E-state index in [-0.39, 0.29) is 6.04 Å². The topological polar surface area (TPSA) is 59.2 Å². The largest absolute Gasteiger partial charge is 0.496 e. The molecule has 0 aliphatic heterocycles. The number of nitrogens with one attached hydrogen (secondary N) is 2. The maximum Gasteiger partial charge on any atom is 0.238 e. The molecule has 2 rings (SSSR count). The van der Waals surface area contributed by atoms with Crippen LogP contribution in [0.5, 0.6) is 17.4 Å². The molecule has 0 spiro atoms. The van der Waals surface area contributed by atoms with Crippen molar-refractivity contribution in [2.45, 2.75) is 33.2 Å². The Balaban J connectivity index is 2.30. The molecule has 0 aliphatic carbocycles. The zero-order valence-electron chi connectivity index (χ0n) is 13.1. The second-order valence-corrected chi connectivity index (χ2v) is 5.04. The minimum atomic E-state index is 0.135. The molecule has 1 aromatic heterocycles. The first-order chi connectivity index (χ1) is 10.2. The summed E-state index contributed by atoms with van der Waals surface area (Å²) in [6.07, 6.45) is 1.08. The number of aromatic nitrogens is 2. The monoisotopic (exact) mass is 289 g/mol. The van der Waals surface area contributed by atoms with E-state index in [1.54, 1.807) is 7.11 Å². The van der Waals surface area contributed by atoms with Crippen molar-refractivity contribution < 1.29 is 9.47 Å². The number of benzene rings is 1. The van der Waals surface area contributed by atoms with Crippen molar-refractivity contribution in [2.75, 3.05) is 13.7 Å². The van der Waals surface area contributed by atoms with E-state index >= 15 is 0 Å². The van der Waals surface area contributed by atoms with Crippen LogP contribution in [0.15, 0.2) is 24.3 Å². The molecular weight excluding hydrogens is 266 g/mol. The van der Waals surface area contributed by atoms with Crippen molar-refractivity contribution in [3.63, 3.8) is 0 Å².